The van der Waals surface area contributed by atoms with E-state index in [1.165, 1.54) is 25.7 Å². The lowest BCUT2D eigenvalue weighted by Crippen LogP contribution is -2.15. The average molecular weight is 266 g/mol. The van der Waals surface area contributed by atoms with Crippen LogP contribution in [0.15, 0.2) is 12.7 Å². The molecular weight excluding hydrogens is 244 g/mol. The van der Waals surface area contributed by atoms with Crippen molar-refractivity contribution in [2.45, 2.75) is 38.5 Å². The third kappa shape index (κ3) is 4.08. The standard InChI is InChI=1S/C15H22O4/c1-2-14(16)18-7-8-19-15(17)6-5-13-10-11-3-4-12(13)9-11/h2,11-13H,1,3-10H2. The van der Waals surface area contributed by atoms with E-state index >= 15 is 0 Å². The van der Waals surface area contributed by atoms with E-state index in [0.29, 0.717) is 6.42 Å². The van der Waals surface area contributed by atoms with E-state index in [-0.39, 0.29) is 19.2 Å². The van der Waals surface area contributed by atoms with E-state index in [2.05, 4.69) is 6.58 Å². The van der Waals surface area contributed by atoms with Crippen LogP contribution in [-0.2, 0) is 19.1 Å². The van der Waals surface area contributed by atoms with Gasteiger partial charge in [-0.15, -0.1) is 0 Å². The van der Waals surface area contributed by atoms with Gasteiger partial charge in [-0.3, -0.25) is 4.79 Å². The molecule has 0 radical (unpaired) electrons. The van der Waals surface area contributed by atoms with Gasteiger partial charge >= 0.3 is 11.9 Å². The van der Waals surface area contributed by atoms with Crippen LogP contribution in [0, 0.1) is 17.8 Å². The zero-order chi connectivity index (χ0) is 13.7. The Morgan fingerprint density at radius 2 is 1.95 bits per heavy atom. The molecular formula is C15H22O4. The molecule has 106 valence electrons. The third-order valence-electron chi connectivity index (χ3n) is 4.36. The van der Waals surface area contributed by atoms with E-state index in [1.807, 2.05) is 0 Å². The fraction of sp³-hybridized carbons (Fsp3) is 0.733. The summed E-state index contributed by atoms with van der Waals surface area (Å²) >= 11 is 0. The molecule has 0 heterocycles. The van der Waals surface area contributed by atoms with Crippen LogP contribution in [0.5, 0.6) is 0 Å². The topological polar surface area (TPSA) is 52.6 Å². The van der Waals surface area contributed by atoms with Crippen molar-refractivity contribution in [3.8, 4) is 0 Å². The van der Waals surface area contributed by atoms with Crippen LogP contribution >= 0.6 is 0 Å². The van der Waals surface area contributed by atoms with Crippen molar-refractivity contribution < 1.29 is 19.1 Å². The number of hydrogen-bond donors (Lipinski definition) is 0. The molecule has 2 rings (SSSR count). The van der Waals surface area contributed by atoms with Crippen molar-refractivity contribution in [3.63, 3.8) is 0 Å². The summed E-state index contributed by atoms with van der Waals surface area (Å²) < 4.78 is 9.75. The molecule has 2 bridgehead atoms. The fourth-order valence-electron chi connectivity index (χ4n) is 3.46. The molecule has 2 aliphatic carbocycles. The smallest absolute Gasteiger partial charge is 0.330 e. The van der Waals surface area contributed by atoms with Crippen LogP contribution in [0.3, 0.4) is 0 Å². The molecule has 4 heteroatoms. The van der Waals surface area contributed by atoms with E-state index in [9.17, 15) is 9.59 Å². The molecule has 2 fully saturated rings. The van der Waals surface area contributed by atoms with Crippen LogP contribution in [0.25, 0.3) is 0 Å². The summed E-state index contributed by atoms with van der Waals surface area (Å²) in [6.45, 7) is 3.52. The lowest BCUT2D eigenvalue weighted by Gasteiger charge is -2.20. The lowest BCUT2D eigenvalue weighted by atomic mass is 9.85. The van der Waals surface area contributed by atoms with Gasteiger partial charge in [-0.2, -0.15) is 0 Å². The van der Waals surface area contributed by atoms with Crippen LogP contribution in [0.1, 0.15) is 38.5 Å². The van der Waals surface area contributed by atoms with Gasteiger partial charge in [-0.1, -0.05) is 13.0 Å². The third-order valence-corrected chi connectivity index (χ3v) is 4.36. The number of carbonyl (C=O) groups is 2. The van der Waals surface area contributed by atoms with Gasteiger partial charge in [0.25, 0.3) is 0 Å². The highest BCUT2D eigenvalue weighted by atomic mass is 16.6. The average Bonchev–Trinajstić information content (AvgIpc) is 3.03. The minimum atomic E-state index is -0.488. The van der Waals surface area contributed by atoms with Gasteiger partial charge in [0.05, 0.1) is 0 Å². The summed E-state index contributed by atoms with van der Waals surface area (Å²) in [5, 5.41) is 0. The molecule has 0 aromatic heterocycles. The van der Waals surface area contributed by atoms with Crippen molar-refractivity contribution in [1.29, 1.82) is 0 Å². The highest BCUT2D eigenvalue weighted by molar-refractivity contribution is 5.81. The zero-order valence-corrected chi connectivity index (χ0v) is 11.3. The van der Waals surface area contributed by atoms with E-state index in [0.717, 1.165) is 30.3 Å². The molecule has 0 aromatic rings. The van der Waals surface area contributed by atoms with Gasteiger partial charge in [0.1, 0.15) is 13.2 Å². The Balaban J connectivity index is 1.53. The number of esters is 2. The first-order valence-corrected chi connectivity index (χ1v) is 7.14. The second kappa shape index (κ2) is 6.73. The SMILES string of the molecule is C=CC(=O)OCCOC(=O)CCC1CC2CCC1C2. The minimum absolute atomic E-state index is 0.102. The molecule has 3 unspecified atom stereocenters. The van der Waals surface area contributed by atoms with Crippen molar-refractivity contribution >= 4 is 11.9 Å². The molecule has 0 amide bonds. The molecule has 19 heavy (non-hydrogen) atoms. The summed E-state index contributed by atoms with van der Waals surface area (Å²) in [6.07, 6.45) is 7.95. The van der Waals surface area contributed by atoms with Crippen LogP contribution < -0.4 is 0 Å². The summed E-state index contributed by atoms with van der Waals surface area (Å²) in [5.41, 5.74) is 0. The van der Waals surface area contributed by atoms with E-state index < -0.39 is 5.97 Å². The number of hydrogen-bond acceptors (Lipinski definition) is 4. The summed E-state index contributed by atoms with van der Waals surface area (Å²) in [4.78, 5) is 22.3. The quantitative estimate of drug-likeness (QED) is 0.403. The van der Waals surface area contributed by atoms with Crippen molar-refractivity contribution in [2.24, 2.45) is 17.8 Å². The predicted molar refractivity (Wildman–Crippen MR) is 70.3 cm³/mol. The fourth-order valence-corrected chi connectivity index (χ4v) is 3.46. The van der Waals surface area contributed by atoms with Crippen molar-refractivity contribution in [1.82, 2.24) is 0 Å². The molecule has 0 aromatic carbocycles. The Morgan fingerprint density at radius 3 is 2.58 bits per heavy atom. The van der Waals surface area contributed by atoms with Gasteiger partial charge in [-0.25, -0.2) is 4.79 Å². The maximum absolute atomic E-state index is 11.5. The molecule has 0 N–H and O–H groups in total. The summed E-state index contributed by atoms with van der Waals surface area (Å²) in [6, 6.07) is 0. The predicted octanol–water partition coefficient (Wildman–Crippen LogP) is 2.48. The molecule has 0 spiro atoms. The van der Waals surface area contributed by atoms with Crippen LogP contribution in [-0.4, -0.2) is 25.2 Å². The van der Waals surface area contributed by atoms with Gasteiger partial charge < -0.3 is 9.47 Å². The Hall–Kier alpha value is -1.32. The van der Waals surface area contributed by atoms with Gasteiger partial charge in [0.15, 0.2) is 0 Å². The van der Waals surface area contributed by atoms with Crippen molar-refractivity contribution in [3.05, 3.63) is 12.7 Å². The molecule has 0 aliphatic heterocycles. The maximum atomic E-state index is 11.5. The summed E-state index contributed by atoms with van der Waals surface area (Å²) in [7, 11) is 0. The molecule has 2 aliphatic rings. The normalized spacial score (nSPS) is 28.1. The number of carbonyl (C=O) groups excluding carboxylic acids is 2. The molecule has 3 atom stereocenters. The second-order valence-corrected chi connectivity index (χ2v) is 5.57. The maximum Gasteiger partial charge on any atom is 0.330 e. The van der Waals surface area contributed by atoms with Gasteiger partial charge in [-0.05, 0) is 43.4 Å². The number of fused-ring (bicyclic) bond motifs is 2. The van der Waals surface area contributed by atoms with Gasteiger partial charge in [0, 0.05) is 12.5 Å². The highest BCUT2D eigenvalue weighted by Gasteiger charge is 2.39. The monoisotopic (exact) mass is 266 g/mol. The zero-order valence-electron chi connectivity index (χ0n) is 11.3. The number of ether oxygens (including phenoxy) is 2. The Morgan fingerprint density at radius 1 is 1.16 bits per heavy atom. The van der Waals surface area contributed by atoms with E-state index in [4.69, 9.17) is 9.47 Å². The Bertz CT molecular complexity index is 350. The largest absolute Gasteiger partial charge is 0.462 e. The molecule has 2 saturated carbocycles. The second-order valence-electron chi connectivity index (χ2n) is 5.57. The molecule has 4 nitrogen and oxygen atoms in total. The first kappa shape index (κ1) is 14.1. The Labute approximate surface area is 114 Å². The minimum Gasteiger partial charge on any atom is -0.462 e. The van der Waals surface area contributed by atoms with Crippen molar-refractivity contribution in [2.75, 3.05) is 13.2 Å². The first-order valence-electron chi connectivity index (χ1n) is 7.14. The highest BCUT2D eigenvalue weighted by Crippen LogP contribution is 2.49. The van der Waals surface area contributed by atoms with E-state index in [1.54, 1.807) is 0 Å². The van der Waals surface area contributed by atoms with Gasteiger partial charge in [0.2, 0.25) is 0 Å². The van der Waals surface area contributed by atoms with Crippen LogP contribution in [0.4, 0.5) is 0 Å². The lowest BCUT2D eigenvalue weighted by molar-refractivity contribution is -0.150. The Kier molecular flexibility index (Phi) is 5.00. The van der Waals surface area contributed by atoms with Crippen LogP contribution in [0.2, 0.25) is 0 Å². The molecule has 0 saturated heterocycles. The first-order chi connectivity index (χ1) is 9.19. The number of rotatable bonds is 7. The summed E-state index contributed by atoms with van der Waals surface area (Å²) in [5.74, 6) is 1.83.